The van der Waals surface area contributed by atoms with Crippen LogP contribution >= 0.6 is 0 Å². The van der Waals surface area contributed by atoms with Crippen LogP contribution in [-0.2, 0) is 4.74 Å². The molecule has 1 aromatic carbocycles. The molecule has 0 spiro atoms. The largest absolute Gasteiger partial charge is 0.370 e. The van der Waals surface area contributed by atoms with Gasteiger partial charge in [0.2, 0.25) is 0 Å². The molecular weight excluding hydrogens is 267 g/mol. The van der Waals surface area contributed by atoms with E-state index in [0.29, 0.717) is 0 Å². The van der Waals surface area contributed by atoms with Crippen LogP contribution < -0.4 is 5.73 Å². The predicted octanol–water partition coefficient (Wildman–Crippen LogP) is 3.10. The highest BCUT2D eigenvalue weighted by Crippen LogP contribution is 2.31. The molecule has 21 heavy (non-hydrogen) atoms. The molecule has 3 atom stereocenters. The van der Waals surface area contributed by atoms with E-state index < -0.39 is 0 Å². The summed E-state index contributed by atoms with van der Waals surface area (Å²) < 4.78 is 19.6. The van der Waals surface area contributed by atoms with Crippen LogP contribution in [0.5, 0.6) is 0 Å². The zero-order valence-corrected chi connectivity index (χ0v) is 13.5. The van der Waals surface area contributed by atoms with Gasteiger partial charge in [0.15, 0.2) is 0 Å². The van der Waals surface area contributed by atoms with Gasteiger partial charge in [-0.15, -0.1) is 0 Å². The molecule has 118 valence electrons. The molecule has 1 heterocycles. The van der Waals surface area contributed by atoms with Crippen molar-refractivity contribution in [2.24, 2.45) is 5.73 Å². The number of morpholine rings is 1. The number of halogens is 1. The fourth-order valence-corrected chi connectivity index (χ4v) is 3.36. The molecule has 3 unspecified atom stereocenters. The first-order valence-electron chi connectivity index (χ1n) is 7.75. The van der Waals surface area contributed by atoms with Crippen molar-refractivity contribution in [3.05, 3.63) is 35.6 Å². The van der Waals surface area contributed by atoms with Crippen LogP contribution in [0.15, 0.2) is 24.3 Å². The summed E-state index contributed by atoms with van der Waals surface area (Å²) in [5, 5.41) is 0. The molecule has 0 aromatic heterocycles. The molecule has 1 saturated heterocycles. The van der Waals surface area contributed by atoms with Crippen LogP contribution in [-0.4, -0.2) is 35.7 Å². The molecule has 0 amide bonds. The Balaban J connectivity index is 2.32. The van der Waals surface area contributed by atoms with Crippen LogP contribution in [0.3, 0.4) is 0 Å². The smallest absolute Gasteiger partial charge is 0.123 e. The summed E-state index contributed by atoms with van der Waals surface area (Å²) in [4.78, 5) is 2.34. The standard InChI is InChI=1S/C17H27FN2O/c1-5-15(19)16(13-7-6-8-14(18)9-13)20-10-12(2)21-17(3,4)11-20/h6-9,12,15-16H,5,10-11,19H2,1-4H3. The summed E-state index contributed by atoms with van der Waals surface area (Å²) in [6, 6.07) is 6.81. The van der Waals surface area contributed by atoms with E-state index in [0.717, 1.165) is 25.1 Å². The highest BCUT2D eigenvalue weighted by Gasteiger charge is 2.37. The van der Waals surface area contributed by atoms with E-state index in [9.17, 15) is 4.39 Å². The third-order valence-corrected chi connectivity index (χ3v) is 4.06. The number of hydrogen-bond acceptors (Lipinski definition) is 3. The molecule has 0 aliphatic carbocycles. The van der Waals surface area contributed by atoms with Gasteiger partial charge in [0.25, 0.3) is 0 Å². The molecule has 1 aliphatic rings. The van der Waals surface area contributed by atoms with Gasteiger partial charge in [-0.2, -0.15) is 0 Å². The molecule has 1 aliphatic heterocycles. The van der Waals surface area contributed by atoms with Crippen LogP contribution in [0.25, 0.3) is 0 Å². The summed E-state index contributed by atoms with van der Waals surface area (Å²) in [5.41, 5.74) is 7.10. The third kappa shape index (κ3) is 4.02. The van der Waals surface area contributed by atoms with E-state index in [1.165, 1.54) is 6.07 Å². The maximum Gasteiger partial charge on any atom is 0.123 e. The quantitative estimate of drug-likeness (QED) is 0.927. The van der Waals surface area contributed by atoms with Crippen molar-refractivity contribution in [2.75, 3.05) is 13.1 Å². The van der Waals surface area contributed by atoms with Gasteiger partial charge in [0, 0.05) is 19.1 Å². The highest BCUT2D eigenvalue weighted by atomic mass is 19.1. The van der Waals surface area contributed by atoms with Crippen molar-refractivity contribution in [3.8, 4) is 0 Å². The molecule has 3 nitrogen and oxygen atoms in total. The van der Waals surface area contributed by atoms with Crippen molar-refractivity contribution in [2.45, 2.75) is 57.9 Å². The average Bonchev–Trinajstić information content (AvgIpc) is 2.36. The van der Waals surface area contributed by atoms with Gasteiger partial charge in [-0.05, 0) is 44.9 Å². The van der Waals surface area contributed by atoms with Gasteiger partial charge >= 0.3 is 0 Å². The van der Waals surface area contributed by atoms with Crippen LogP contribution in [0.1, 0.15) is 45.7 Å². The first-order chi connectivity index (χ1) is 9.82. The normalized spacial score (nSPS) is 25.5. The van der Waals surface area contributed by atoms with Crippen molar-refractivity contribution in [1.29, 1.82) is 0 Å². The van der Waals surface area contributed by atoms with Gasteiger partial charge < -0.3 is 10.5 Å². The van der Waals surface area contributed by atoms with Gasteiger partial charge in [0.05, 0.1) is 17.7 Å². The van der Waals surface area contributed by atoms with Crippen LogP contribution in [0.2, 0.25) is 0 Å². The first kappa shape index (κ1) is 16.4. The molecular formula is C17H27FN2O. The molecule has 4 heteroatoms. The fraction of sp³-hybridized carbons (Fsp3) is 0.647. The number of benzene rings is 1. The number of rotatable bonds is 4. The van der Waals surface area contributed by atoms with Crippen molar-refractivity contribution < 1.29 is 9.13 Å². The minimum absolute atomic E-state index is 0.0205. The summed E-state index contributed by atoms with van der Waals surface area (Å²) in [5.74, 6) is -0.207. The predicted molar refractivity (Wildman–Crippen MR) is 83.6 cm³/mol. The topological polar surface area (TPSA) is 38.5 Å². The Morgan fingerprint density at radius 1 is 1.48 bits per heavy atom. The number of ether oxygens (including phenoxy) is 1. The van der Waals surface area contributed by atoms with E-state index in [1.54, 1.807) is 12.1 Å². The van der Waals surface area contributed by atoms with Gasteiger partial charge in [-0.25, -0.2) is 4.39 Å². The Hall–Kier alpha value is -0.970. The monoisotopic (exact) mass is 294 g/mol. The highest BCUT2D eigenvalue weighted by molar-refractivity contribution is 5.22. The summed E-state index contributed by atoms with van der Waals surface area (Å²) in [7, 11) is 0. The summed E-state index contributed by atoms with van der Waals surface area (Å²) in [6.45, 7) is 9.95. The maximum atomic E-state index is 13.6. The first-order valence-corrected chi connectivity index (χ1v) is 7.75. The fourth-order valence-electron chi connectivity index (χ4n) is 3.36. The van der Waals surface area contributed by atoms with E-state index in [-0.39, 0.29) is 29.6 Å². The molecule has 0 saturated carbocycles. The Morgan fingerprint density at radius 3 is 2.76 bits per heavy atom. The SMILES string of the molecule is CCC(N)C(c1cccc(F)c1)N1CC(C)OC(C)(C)C1. The minimum Gasteiger partial charge on any atom is -0.370 e. The Labute approximate surface area is 127 Å². The minimum atomic E-state index is -0.212. The lowest BCUT2D eigenvalue weighted by Gasteiger charge is -2.46. The molecule has 1 aromatic rings. The number of hydrogen-bond donors (Lipinski definition) is 1. The number of nitrogens with two attached hydrogens (primary N) is 1. The average molecular weight is 294 g/mol. The van der Waals surface area contributed by atoms with Crippen molar-refractivity contribution in [3.63, 3.8) is 0 Å². The zero-order valence-electron chi connectivity index (χ0n) is 13.5. The van der Waals surface area contributed by atoms with Crippen molar-refractivity contribution in [1.82, 2.24) is 4.90 Å². The molecule has 2 rings (SSSR count). The maximum absolute atomic E-state index is 13.6. The third-order valence-electron chi connectivity index (χ3n) is 4.06. The van der Waals surface area contributed by atoms with Crippen LogP contribution in [0, 0.1) is 5.82 Å². The lowest BCUT2D eigenvalue weighted by atomic mass is 9.93. The van der Waals surface area contributed by atoms with E-state index in [4.69, 9.17) is 10.5 Å². The van der Waals surface area contributed by atoms with Crippen LogP contribution in [0.4, 0.5) is 4.39 Å². The second-order valence-corrected chi connectivity index (χ2v) is 6.69. The lowest BCUT2D eigenvalue weighted by Crippen LogP contribution is -2.55. The van der Waals surface area contributed by atoms with Gasteiger partial charge in [0.1, 0.15) is 5.82 Å². The second kappa shape index (κ2) is 6.42. The molecule has 0 bridgehead atoms. The Morgan fingerprint density at radius 2 is 2.19 bits per heavy atom. The second-order valence-electron chi connectivity index (χ2n) is 6.69. The Kier molecular flexibility index (Phi) is 5.02. The molecule has 1 fully saturated rings. The Bertz CT molecular complexity index is 478. The lowest BCUT2D eigenvalue weighted by molar-refractivity contribution is -0.140. The number of nitrogens with zero attached hydrogens (tertiary/aromatic N) is 1. The molecule has 0 radical (unpaired) electrons. The van der Waals surface area contributed by atoms with E-state index in [2.05, 4.69) is 32.6 Å². The zero-order chi connectivity index (χ0) is 15.6. The van der Waals surface area contributed by atoms with E-state index >= 15 is 0 Å². The summed E-state index contributed by atoms with van der Waals surface area (Å²) >= 11 is 0. The van der Waals surface area contributed by atoms with Gasteiger partial charge in [-0.1, -0.05) is 19.1 Å². The van der Waals surface area contributed by atoms with E-state index in [1.807, 2.05) is 6.07 Å². The van der Waals surface area contributed by atoms with Gasteiger partial charge in [-0.3, -0.25) is 4.90 Å². The van der Waals surface area contributed by atoms with Crippen molar-refractivity contribution >= 4 is 0 Å². The molecule has 2 N–H and O–H groups in total. The summed E-state index contributed by atoms with van der Waals surface area (Å²) in [6.07, 6.45) is 1.00.